The summed E-state index contributed by atoms with van der Waals surface area (Å²) in [6, 6.07) is 4.45. The molecule has 0 spiro atoms. The van der Waals surface area contributed by atoms with E-state index in [2.05, 4.69) is 4.98 Å². The van der Waals surface area contributed by atoms with Crippen LogP contribution in [-0.4, -0.2) is 53.4 Å². The van der Waals surface area contributed by atoms with Crippen LogP contribution in [0.25, 0.3) is 10.9 Å². The van der Waals surface area contributed by atoms with Crippen LogP contribution in [0.5, 0.6) is 0 Å². The molecule has 1 fully saturated rings. The summed E-state index contributed by atoms with van der Waals surface area (Å²) < 4.78 is 24.3. The molecule has 9 heteroatoms. The van der Waals surface area contributed by atoms with Gasteiger partial charge in [-0.3, -0.25) is 14.2 Å². The highest BCUT2D eigenvalue weighted by molar-refractivity contribution is 7.91. The van der Waals surface area contributed by atoms with Gasteiger partial charge in [-0.15, -0.1) is 0 Å². The summed E-state index contributed by atoms with van der Waals surface area (Å²) in [5.41, 5.74) is 0.145. The molecule has 1 aromatic heterocycles. The van der Waals surface area contributed by atoms with Crippen molar-refractivity contribution >= 4 is 38.2 Å². The molecule has 24 heavy (non-hydrogen) atoms. The second-order valence-corrected chi connectivity index (χ2v) is 8.57. The van der Waals surface area contributed by atoms with Crippen molar-refractivity contribution < 1.29 is 13.2 Å². The van der Waals surface area contributed by atoms with E-state index in [1.807, 2.05) is 0 Å². The van der Waals surface area contributed by atoms with Crippen LogP contribution < -0.4 is 5.56 Å². The molecule has 1 aromatic carbocycles. The average molecular weight is 370 g/mol. The van der Waals surface area contributed by atoms with Crippen molar-refractivity contribution in [2.45, 2.75) is 19.0 Å². The van der Waals surface area contributed by atoms with E-state index in [0.29, 0.717) is 22.3 Å². The molecule has 0 saturated carbocycles. The first-order chi connectivity index (χ1) is 11.3. The maximum atomic E-state index is 12.5. The fourth-order valence-electron chi connectivity index (χ4n) is 2.79. The molecule has 7 nitrogen and oxygen atoms in total. The van der Waals surface area contributed by atoms with Crippen molar-refractivity contribution in [3.05, 3.63) is 39.9 Å². The zero-order valence-corrected chi connectivity index (χ0v) is 14.5. The van der Waals surface area contributed by atoms with Gasteiger partial charge in [0.25, 0.3) is 5.56 Å². The molecule has 1 aliphatic rings. The molecule has 0 radical (unpaired) electrons. The van der Waals surface area contributed by atoms with Crippen LogP contribution in [-0.2, 0) is 21.2 Å². The van der Waals surface area contributed by atoms with Crippen LogP contribution in [0.4, 0.5) is 0 Å². The molecule has 1 atom stereocenters. The summed E-state index contributed by atoms with van der Waals surface area (Å²) >= 11 is 5.90. The molecule has 128 valence electrons. The largest absolute Gasteiger partial charge is 0.340 e. The third-order valence-corrected chi connectivity index (χ3v) is 6.23. The predicted octanol–water partition coefficient (Wildman–Crippen LogP) is 0.695. The minimum Gasteiger partial charge on any atom is -0.340 e. The van der Waals surface area contributed by atoms with E-state index in [1.54, 1.807) is 19.2 Å². The molecule has 2 heterocycles. The van der Waals surface area contributed by atoms with E-state index in [4.69, 9.17) is 11.6 Å². The van der Waals surface area contributed by atoms with Crippen LogP contribution in [0.15, 0.2) is 29.3 Å². The maximum absolute atomic E-state index is 12.5. The highest BCUT2D eigenvalue weighted by Crippen LogP contribution is 2.17. The molecule has 0 bridgehead atoms. The van der Waals surface area contributed by atoms with Gasteiger partial charge in [-0.1, -0.05) is 11.6 Å². The van der Waals surface area contributed by atoms with Gasteiger partial charge in [0.1, 0.15) is 6.54 Å². The van der Waals surface area contributed by atoms with E-state index >= 15 is 0 Å². The monoisotopic (exact) mass is 369 g/mol. The van der Waals surface area contributed by atoms with E-state index in [-0.39, 0.29) is 35.6 Å². The zero-order valence-electron chi connectivity index (χ0n) is 13.0. The quantitative estimate of drug-likeness (QED) is 0.794. The predicted molar refractivity (Wildman–Crippen MR) is 90.8 cm³/mol. The number of benzene rings is 1. The van der Waals surface area contributed by atoms with E-state index in [1.165, 1.54) is 21.9 Å². The van der Waals surface area contributed by atoms with Crippen LogP contribution in [0.3, 0.4) is 0 Å². The van der Waals surface area contributed by atoms with Crippen molar-refractivity contribution in [2.75, 3.05) is 18.6 Å². The van der Waals surface area contributed by atoms with Gasteiger partial charge < -0.3 is 4.90 Å². The molecular formula is C15H16ClN3O4S. The van der Waals surface area contributed by atoms with E-state index < -0.39 is 9.84 Å². The second kappa shape index (κ2) is 6.18. The molecule has 0 N–H and O–H groups in total. The van der Waals surface area contributed by atoms with Gasteiger partial charge in [-0.05, 0) is 24.6 Å². The summed E-state index contributed by atoms with van der Waals surface area (Å²) in [6.45, 7) is -0.193. The lowest BCUT2D eigenvalue weighted by atomic mass is 10.2. The first-order valence-corrected chi connectivity index (χ1v) is 9.57. The number of carbonyl (C=O) groups is 1. The summed E-state index contributed by atoms with van der Waals surface area (Å²) in [5.74, 6) is -0.275. The summed E-state index contributed by atoms with van der Waals surface area (Å²) in [4.78, 5) is 30.4. The molecule has 0 unspecified atom stereocenters. The molecule has 2 aromatic rings. The molecule has 1 aliphatic heterocycles. The number of likely N-dealkylation sites (N-methyl/N-ethyl adjacent to an activating group) is 1. The minimum atomic E-state index is -3.08. The molecule has 1 amide bonds. The fourth-order valence-corrected chi connectivity index (χ4v) is 4.73. The summed E-state index contributed by atoms with van der Waals surface area (Å²) in [7, 11) is -1.52. The number of fused-ring (bicyclic) bond motifs is 1. The Balaban J connectivity index is 1.83. The molecule has 1 saturated heterocycles. The van der Waals surface area contributed by atoms with Crippen molar-refractivity contribution in [1.82, 2.24) is 14.5 Å². The number of sulfone groups is 1. The highest BCUT2D eigenvalue weighted by Gasteiger charge is 2.32. The van der Waals surface area contributed by atoms with E-state index in [0.717, 1.165) is 0 Å². The fraction of sp³-hybridized carbons (Fsp3) is 0.400. The van der Waals surface area contributed by atoms with Gasteiger partial charge >= 0.3 is 0 Å². The number of hydrogen-bond donors (Lipinski definition) is 0. The third-order valence-electron chi connectivity index (χ3n) is 4.24. The Morgan fingerprint density at radius 1 is 1.46 bits per heavy atom. The zero-order chi connectivity index (χ0) is 17.5. The van der Waals surface area contributed by atoms with Gasteiger partial charge in [-0.25, -0.2) is 13.4 Å². The number of hydrogen-bond acceptors (Lipinski definition) is 5. The van der Waals surface area contributed by atoms with Gasteiger partial charge in [0.15, 0.2) is 9.84 Å². The van der Waals surface area contributed by atoms with Gasteiger partial charge in [0.2, 0.25) is 5.91 Å². The van der Waals surface area contributed by atoms with Crippen LogP contribution in [0, 0.1) is 0 Å². The first kappa shape index (κ1) is 16.9. The smallest absolute Gasteiger partial charge is 0.261 e. The highest BCUT2D eigenvalue weighted by atomic mass is 35.5. The maximum Gasteiger partial charge on any atom is 0.261 e. The average Bonchev–Trinajstić information content (AvgIpc) is 2.89. The van der Waals surface area contributed by atoms with Gasteiger partial charge in [-0.2, -0.15) is 0 Å². The topological polar surface area (TPSA) is 89.3 Å². The molecular weight excluding hydrogens is 354 g/mol. The number of aromatic nitrogens is 2. The Bertz CT molecular complexity index is 970. The number of amides is 1. The Morgan fingerprint density at radius 2 is 2.21 bits per heavy atom. The number of carbonyl (C=O) groups excluding carboxylic acids is 1. The summed E-state index contributed by atoms with van der Waals surface area (Å²) in [5, 5.41) is 0.752. The number of halogens is 1. The third kappa shape index (κ3) is 3.29. The van der Waals surface area contributed by atoms with Crippen molar-refractivity contribution in [2.24, 2.45) is 0 Å². The minimum absolute atomic E-state index is 0.0320. The van der Waals surface area contributed by atoms with Gasteiger partial charge in [0, 0.05) is 18.1 Å². The molecule has 3 rings (SSSR count). The normalized spacial score (nSPS) is 19.5. The van der Waals surface area contributed by atoms with Crippen molar-refractivity contribution in [3.8, 4) is 0 Å². The van der Waals surface area contributed by atoms with Crippen LogP contribution >= 0.6 is 11.6 Å². The second-order valence-electron chi connectivity index (χ2n) is 5.90. The standard InChI is InChI=1S/C15H16ClN3O4S/c1-18(11-4-5-24(22,23)8-11)14(20)7-19-9-17-13-3-2-10(16)6-12(13)15(19)21/h2-3,6,9,11H,4-5,7-8H2,1H3/t11-/m0/s1. The van der Waals surface area contributed by atoms with Gasteiger partial charge in [0.05, 0.1) is 28.7 Å². The Morgan fingerprint density at radius 3 is 2.88 bits per heavy atom. The molecule has 0 aliphatic carbocycles. The number of nitrogens with zero attached hydrogens (tertiary/aromatic N) is 3. The lowest BCUT2D eigenvalue weighted by molar-refractivity contribution is -0.132. The Kier molecular flexibility index (Phi) is 4.35. The van der Waals surface area contributed by atoms with Crippen LogP contribution in [0.2, 0.25) is 5.02 Å². The van der Waals surface area contributed by atoms with Crippen molar-refractivity contribution in [1.29, 1.82) is 0 Å². The summed E-state index contributed by atoms with van der Waals surface area (Å²) in [6.07, 6.45) is 1.74. The van der Waals surface area contributed by atoms with Crippen molar-refractivity contribution in [3.63, 3.8) is 0 Å². The number of rotatable bonds is 3. The van der Waals surface area contributed by atoms with E-state index in [9.17, 15) is 18.0 Å². The lowest BCUT2D eigenvalue weighted by Crippen LogP contribution is -2.41. The Labute approximate surface area is 143 Å². The first-order valence-electron chi connectivity index (χ1n) is 7.37. The SMILES string of the molecule is CN(C(=O)Cn1cnc2ccc(Cl)cc2c1=O)[C@H]1CCS(=O)(=O)C1. The lowest BCUT2D eigenvalue weighted by Gasteiger charge is -2.23. The Hall–Kier alpha value is -1.93. The van der Waals surface area contributed by atoms with Crippen LogP contribution in [0.1, 0.15) is 6.42 Å².